The van der Waals surface area contributed by atoms with Crippen molar-refractivity contribution in [2.24, 2.45) is 0 Å². The SMILES string of the molecule is CCc1cnn(C2(CC#N)CN(c3cccn4nc(Nc5cnn(CC(=O)N6CCC(N(C)C7COC7)CC6)c5)nc34)C2)c1. The molecule has 0 atom stereocenters. The minimum Gasteiger partial charge on any atom is -0.378 e. The molecule has 14 heteroatoms. The highest BCUT2D eigenvalue weighted by atomic mass is 16.5. The number of hydrogen-bond donors (Lipinski definition) is 1. The van der Waals surface area contributed by atoms with E-state index in [1.54, 1.807) is 15.4 Å². The minimum absolute atomic E-state index is 0.0753. The average Bonchev–Trinajstić information content (AvgIpc) is 3.74. The van der Waals surface area contributed by atoms with Crippen molar-refractivity contribution in [1.82, 2.24) is 44.0 Å². The molecule has 0 saturated carbocycles. The number of pyridine rings is 1. The third kappa shape index (κ3) is 5.26. The molecule has 7 rings (SSSR count). The molecule has 1 N–H and O–H groups in total. The zero-order chi connectivity index (χ0) is 30.3. The second-order valence-electron chi connectivity index (χ2n) is 12.2. The van der Waals surface area contributed by atoms with Crippen LogP contribution in [-0.4, -0.2) is 108 Å². The summed E-state index contributed by atoms with van der Waals surface area (Å²) in [4.78, 5) is 24.4. The Bertz CT molecular complexity index is 1670. The fraction of sp³-hybridized carbons (Fsp3) is 0.533. The molecule has 14 nitrogen and oxygen atoms in total. The van der Waals surface area contributed by atoms with Crippen LogP contribution in [0.3, 0.4) is 0 Å². The van der Waals surface area contributed by atoms with Crippen molar-refractivity contribution < 1.29 is 9.53 Å². The number of anilines is 3. The number of ether oxygens (including phenoxy) is 1. The van der Waals surface area contributed by atoms with E-state index in [2.05, 4.69) is 56.7 Å². The van der Waals surface area contributed by atoms with E-state index in [-0.39, 0.29) is 18.0 Å². The van der Waals surface area contributed by atoms with Gasteiger partial charge in [-0.15, -0.1) is 5.10 Å². The van der Waals surface area contributed by atoms with Gasteiger partial charge < -0.3 is 19.9 Å². The van der Waals surface area contributed by atoms with Crippen LogP contribution >= 0.6 is 0 Å². The van der Waals surface area contributed by atoms with Crippen molar-refractivity contribution in [1.29, 1.82) is 5.26 Å². The number of hydrogen-bond acceptors (Lipinski definition) is 10. The number of nitrogens with one attached hydrogen (secondary N) is 1. The molecule has 3 fully saturated rings. The van der Waals surface area contributed by atoms with Crippen molar-refractivity contribution in [2.75, 3.05) is 56.7 Å². The number of nitrogens with zero attached hydrogens (tertiary/aromatic N) is 11. The van der Waals surface area contributed by atoms with Gasteiger partial charge in [0.1, 0.15) is 12.1 Å². The molecular weight excluding hydrogens is 560 g/mol. The Hall–Kier alpha value is -4.48. The van der Waals surface area contributed by atoms with Crippen molar-refractivity contribution in [3.05, 3.63) is 48.7 Å². The first-order valence-electron chi connectivity index (χ1n) is 15.3. The zero-order valence-electron chi connectivity index (χ0n) is 25.2. The lowest BCUT2D eigenvalue weighted by atomic mass is 9.86. The molecule has 0 unspecified atom stereocenters. The smallest absolute Gasteiger partial charge is 0.247 e. The quantitative estimate of drug-likeness (QED) is 0.288. The number of carbonyl (C=O) groups excluding carboxylic acids is 1. The number of aromatic nitrogens is 7. The molecule has 4 aromatic heterocycles. The normalized spacial score (nSPS) is 18.8. The Balaban J connectivity index is 0.973. The molecule has 230 valence electrons. The second-order valence-corrected chi connectivity index (χ2v) is 12.2. The molecule has 0 bridgehead atoms. The van der Waals surface area contributed by atoms with Gasteiger partial charge in [0.25, 0.3) is 0 Å². The molecule has 0 aliphatic carbocycles. The molecule has 3 aliphatic rings. The molecule has 4 aromatic rings. The fourth-order valence-electron chi connectivity index (χ4n) is 6.47. The lowest BCUT2D eigenvalue weighted by Crippen LogP contribution is -2.63. The predicted octanol–water partition coefficient (Wildman–Crippen LogP) is 1.88. The first kappa shape index (κ1) is 28.3. The Morgan fingerprint density at radius 2 is 2.00 bits per heavy atom. The van der Waals surface area contributed by atoms with E-state index in [1.807, 2.05) is 40.3 Å². The maximum atomic E-state index is 13.0. The zero-order valence-corrected chi connectivity index (χ0v) is 25.2. The molecule has 0 radical (unpaired) electrons. The average molecular weight is 599 g/mol. The molecule has 44 heavy (non-hydrogen) atoms. The van der Waals surface area contributed by atoms with Gasteiger partial charge in [0.15, 0.2) is 5.65 Å². The largest absolute Gasteiger partial charge is 0.378 e. The molecule has 1 amide bonds. The highest BCUT2D eigenvalue weighted by molar-refractivity contribution is 5.76. The van der Waals surface area contributed by atoms with Gasteiger partial charge in [-0.2, -0.15) is 20.4 Å². The van der Waals surface area contributed by atoms with Crippen LogP contribution in [0.25, 0.3) is 5.65 Å². The first-order valence-corrected chi connectivity index (χ1v) is 15.3. The highest BCUT2D eigenvalue weighted by Gasteiger charge is 2.46. The summed E-state index contributed by atoms with van der Waals surface area (Å²) in [6, 6.07) is 7.33. The Morgan fingerprint density at radius 1 is 1.18 bits per heavy atom. The maximum absolute atomic E-state index is 13.0. The van der Waals surface area contributed by atoms with Crippen molar-refractivity contribution in [3.8, 4) is 6.07 Å². The van der Waals surface area contributed by atoms with E-state index >= 15 is 0 Å². The Kier molecular flexibility index (Phi) is 7.43. The van der Waals surface area contributed by atoms with E-state index in [9.17, 15) is 10.1 Å². The number of carbonyl (C=O) groups is 1. The molecule has 7 heterocycles. The summed E-state index contributed by atoms with van der Waals surface area (Å²) < 4.78 is 10.7. The second kappa shape index (κ2) is 11.5. The number of aryl methyl sites for hydroxylation is 1. The number of piperidine rings is 1. The van der Waals surface area contributed by atoms with Gasteiger partial charge >= 0.3 is 0 Å². The van der Waals surface area contributed by atoms with Gasteiger partial charge in [0.05, 0.1) is 55.5 Å². The van der Waals surface area contributed by atoms with Crippen molar-refractivity contribution in [3.63, 3.8) is 0 Å². The maximum Gasteiger partial charge on any atom is 0.247 e. The van der Waals surface area contributed by atoms with Crippen LogP contribution in [0.4, 0.5) is 17.3 Å². The first-order chi connectivity index (χ1) is 21.4. The summed E-state index contributed by atoms with van der Waals surface area (Å²) in [5, 5.41) is 26.4. The molecular formula is C30H38N12O2. The number of fused-ring (bicyclic) bond motifs is 1. The van der Waals surface area contributed by atoms with Crippen LogP contribution in [0.15, 0.2) is 43.1 Å². The summed E-state index contributed by atoms with van der Waals surface area (Å²) in [6.07, 6.45) is 12.5. The van der Waals surface area contributed by atoms with Crippen LogP contribution in [0.2, 0.25) is 0 Å². The van der Waals surface area contributed by atoms with Crippen molar-refractivity contribution in [2.45, 2.75) is 56.8 Å². The molecule has 3 aliphatic heterocycles. The van der Waals surface area contributed by atoms with Crippen LogP contribution in [0.1, 0.15) is 31.7 Å². The van der Waals surface area contributed by atoms with Gasteiger partial charge in [-0.3, -0.25) is 19.1 Å². The lowest BCUT2D eigenvalue weighted by Gasteiger charge is -2.50. The van der Waals surface area contributed by atoms with Gasteiger partial charge in [0.2, 0.25) is 11.9 Å². The van der Waals surface area contributed by atoms with Gasteiger partial charge in [-0.05, 0) is 44.0 Å². The van der Waals surface area contributed by atoms with Gasteiger partial charge in [0, 0.05) is 50.8 Å². The van der Waals surface area contributed by atoms with E-state index < -0.39 is 0 Å². The molecule has 0 aromatic carbocycles. The van der Waals surface area contributed by atoms with E-state index in [4.69, 9.17) is 9.72 Å². The number of rotatable bonds is 10. The lowest BCUT2D eigenvalue weighted by molar-refractivity contribution is -0.134. The number of likely N-dealkylation sites (tertiary alicyclic amines) is 1. The monoisotopic (exact) mass is 598 g/mol. The standard InChI is InChI=1S/C30H38N12O2/c1-3-22-13-33-42(15-22)30(8-9-31)20-39(21-30)26-5-4-10-41-28(26)35-29(36-41)34-23-14-32-40(16-23)17-27(43)38-11-6-24(7-12-38)37(2)25-18-44-19-25/h4-5,10,13-16,24-25H,3,6-8,11-12,17-21H2,1-2H3,(H,34,36). The number of nitriles is 1. The fourth-order valence-corrected chi connectivity index (χ4v) is 6.47. The molecule has 3 saturated heterocycles. The number of amides is 1. The van der Waals surface area contributed by atoms with Crippen LogP contribution < -0.4 is 10.2 Å². The van der Waals surface area contributed by atoms with Crippen molar-refractivity contribution >= 4 is 28.9 Å². The molecule has 0 spiro atoms. The summed E-state index contributed by atoms with van der Waals surface area (Å²) in [5.41, 5.74) is 3.17. The third-order valence-corrected chi connectivity index (χ3v) is 9.37. The van der Waals surface area contributed by atoms with Gasteiger partial charge in [-0.1, -0.05) is 6.92 Å². The van der Waals surface area contributed by atoms with E-state index in [1.165, 1.54) is 0 Å². The van der Waals surface area contributed by atoms with Crippen LogP contribution in [-0.2, 0) is 28.0 Å². The summed E-state index contributed by atoms with van der Waals surface area (Å²) in [6.45, 7) is 6.75. The minimum atomic E-state index is -0.361. The Labute approximate surface area is 255 Å². The summed E-state index contributed by atoms with van der Waals surface area (Å²) >= 11 is 0. The van der Waals surface area contributed by atoms with E-state index in [0.29, 0.717) is 43.2 Å². The Morgan fingerprint density at radius 3 is 2.70 bits per heavy atom. The van der Waals surface area contributed by atoms with Gasteiger partial charge in [-0.25, -0.2) is 4.52 Å². The van der Waals surface area contributed by atoms with E-state index in [0.717, 1.165) is 62.5 Å². The summed E-state index contributed by atoms with van der Waals surface area (Å²) in [7, 11) is 2.17. The topological polar surface area (TPSA) is 138 Å². The highest BCUT2D eigenvalue weighted by Crippen LogP contribution is 2.37. The van der Waals surface area contributed by atoms with Crippen LogP contribution in [0.5, 0.6) is 0 Å². The number of likely N-dealkylation sites (N-methyl/N-ethyl adjacent to an activating group) is 1. The van der Waals surface area contributed by atoms with Crippen LogP contribution in [0, 0.1) is 11.3 Å². The summed E-state index contributed by atoms with van der Waals surface area (Å²) in [5.74, 6) is 0.515. The predicted molar refractivity (Wildman–Crippen MR) is 162 cm³/mol. The third-order valence-electron chi connectivity index (χ3n) is 9.37.